The molecule has 0 saturated heterocycles. The number of ether oxygens (including phenoxy) is 1. The van der Waals surface area contributed by atoms with Crippen LogP contribution < -0.4 is 5.32 Å². The van der Waals surface area contributed by atoms with Crippen molar-refractivity contribution in [3.8, 4) is 0 Å². The average molecular weight is 315 g/mol. The van der Waals surface area contributed by atoms with E-state index in [2.05, 4.69) is 17.2 Å². The summed E-state index contributed by atoms with van der Waals surface area (Å²) in [6, 6.07) is 9.73. The largest absolute Gasteiger partial charge is 0.444 e. The second-order valence-electron chi connectivity index (χ2n) is 6.65. The highest BCUT2D eigenvalue weighted by atomic mass is 16.6. The summed E-state index contributed by atoms with van der Waals surface area (Å²) >= 11 is 0. The van der Waals surface area contributed by atoms with E-state index in [4.69, 9.17) is 4.74 Å². The number of aliphatic imine (C=N–C) groups is 1. The van der Waals surface area contributed by atoms with E-state index in [1.54, 1.807) is 11.2 Å². The second kappa shape index (κ2) is 7.31. The number of nitrogens with one attached hydrogen (secondary N) is 1. The molecule has 1 aromatic carbocycles. The van der Waals surface area contributed by atoms with E-state index in [-0.39, 0.29) is 6.09 Å². The SMILES string of the molecule is CC1=C(N/C=N/c2ccccc2)CN(C(=O)OC(C)(C)C)CC1. The van der Waals surface area contributed by atoms with E-state index in [1.165, 1.54) is 5.57 Å². The third-order valence-electron chi connectivity index (χ3n) is 3.48. The maximum absolute atomic E-state index is 12.2. The predicted octanol–water partition coefficient (Wildman–Crippen LogP) is 3.85. The quantitative estimate of drug-likeness (QED) is 0.681. The molecule has 0 unspecified atom stereocenters. The second-order valence-corrected chi connectivity index (χ2v) is 6.65. The smallest absolute Gasteiger partial charge is 0.410 e. The maximum atomic E-state index is 12.2. The Labute approximate surface area is 138 Å². The van der Waals surface area contributed by atoms with Crippen LogP contribution in [0.5, 0.6) is 0 Å². The van der Waals surface area contributed by atoms with Crippen LogP contribution in [0.2, 0.25) is 0 Å². The van der Waals surface area contributed by atoms with Crippen LogP contribution >= 0.6 is 0 Å². The van der Waals surface area contributed by atoms with Gasteiger partial charge in [0.05, 0.1) is 18.6 Å². The van der Waals surface area contributed by atoms with E-state index < -0.39 is 5.60 Å². The molecule has 2 rings (SSSR count). The number of para-hydroxylation sites is 1. The van der Waals surface area contributed by atoms with Gasteiger partial charge in [0.25, 0.3) is 0 Å². The fraction of sp³-hybridized carbons (Fsp3) is 0.444. The van der Waals surface area contributed by atoms with Crippen molar-refractivity contribution in [2.75, 3.05) is 13.1 Å². The highest BCUT2D eigenvalue weighted by Crippen LogP contribution is 2.18. The molecule has 0 radical (unpaired) electrons. The summed E-state index contributed by atoms with van der Waals surface area (Å²) in [4.78, 5) is 18.3. The molecule has 0 saturated carbocycles. The molecule has 5 nitrogen and oxygen atoms in total. The number of carbonyl (C=O) groups excluding carboxylic acids is 1. The van der Waals surface area contributed by atoms with Crippen LogP contribution in [0.15, 0.2) is 46.6 Å². The summed E-state index contributed by atoms with van der Waals surface area (Å²) in [6.45, 7) is 8.90. The van der Waals surface area contributed by atoms with Crippen molar-refractivity contribution in [2.45, 2.75) is 39.7 Å². The van der Waals surface area contributed by atoms with Gasteiger partial charge in [-0.15, -0.1) is 0 Å². The average Bonchev–Trinajstić information content (AvgIpc) is 2.48. The molecule has 1 aliphatic rings. The van der Waals surface area contributed by atoms with Crippen molar-refractivity contribution in [3.63, 3.8) is 0 Å². The van der Waals surface area contributed by atoms with Gasteiger partial charge >= 0.3 is 6.09 Å². The molecule has 0 atom stereocenters. The summed E-state index contributed by atoms with van der Waals surface area (Å²) in [5.74, 6) is 0. The first-order chi connectivity index (χ1) is 10.8. The van der Waals surface area contributed by atoms with Gasteiger partial charge < -0.3 is 15.0 Å². The van der Waals surface area contributed by atoms with Gasteiger partial charge in [0.2, 0.25) is 0 Å². The van der Waals surface area contributed by atoms with Crippen molar-refractivity contribution < 1.29 is 9.53 Å². The topological polar surface area (TPSA) is 53.9 Å². The Bertz CT molecular complexity index is 600. The van der Waals surface area contributed by atoms with Crippen LogP contribution in [0.4, 0.5) is 10.5 Å². The van der Waals surface area contributed by atoms with Crippen LogP contribution in [0.3, 0.4) is 0 Å². The van der Waals surface area contributed by atoms with E-state index >= 15 is 0 Å². The number of rotatable bonds is 3. The summed E-state index contributed by atoms with van der Waals surface area (Å²) in [5.41, 5.74) is 2.65. The zero-order valence-electron chi connectivity index (χ0n) is 14.3. The third kappa shape index (κ3) is 5.43. The van der Waals surface area contributed by atoms with Crippen molar-refractivity contribution in [1.82, 2.24) is 10.2 Å². The molecular weight excluding hydrogens is 290 g/mol. The normalized spacial score (nSPS) is 15.9. The van der Waals surface area contributed by atoms with Gasteiger partial charge in [-0.3, -0.25) is 0 Å². The third-order valence-corrected chi connectivity index (χ3v) is 3.48. The number of carbonyl (C=O) groups is 1. The van der Waals surface area contributed by atoms with Gasteiger partial charge in [-0.25, -0.2) is 9.79 Å². The minimum atomic E-state index is -0.477. The van der Waals surface area contributed by atoms with Crippen LogP contribution in [0.25, 0.3) is 0 Å². The van der Waals surface area contributed by atoms with Crippen molar-refractivity contribution in [1.29, 1.82) is 0 Å². The first-order valence-corrected chi connectivity index (χ1v) is 7.86. The molecule has 1 aromatic rings. The van der Waals surface area contributed by atoms with Crippen molar-refractivity contribution >= 4 is 18.1 Å². The van der Waals surface area contributed by atoms with E-state index in [1.807, 2.05) is 51.1 Å². The maximum Gasteiger partial charge on any atom is 0.410 e. The molecule has 23 heavy (non-hydrogen) atoms. The number of amides is 1. The standard InChI is InChI=1S/C18H25N3O2/c1-14-10-11-21(17(22)23-18(2,3)4)12-16(14)20-13-19-15-8-6-5-7-9-15/h5-9,13H,10-12H2,1-4H3,(H,19,20). The van der Waals surface area contributed by atoms with Crippen LogP contribution in [0, 0.1) is 0 Å². The van der Waals surface area contributed by atoms with E-state index in [9.17, 15) is 4.79 Å². The fourth-order valence-electron chi connectivity index (χ4n) is 2.21. The van der Waals surface area contributed by atoms with Gasteiger partial charge in [0.15, 0.2) is 0 Å². The summed E-state index contributed by atoms with van der Waals surface area (Å²) in [7, 11) is 0. The number of hydrogen-bond donors (Lipinski definition) is 1. The lowest BCUT2D eigenvalue weighted by molar-refractivity contribution is 0.0257. The summed E-state index contributed by atoms with van der Waals surface area (Å²) in [6.07, 6.45) is 2.23. The van der Waals surface area contributed by atoms with Gasteiger partial charge in [-0.05, 0) is 46.2 Å². The molecule has 0 bridgehead atoms. The van der Waals surface area contributed by atoms with Gasteiger partial charge in [-0.1, -0.05) is 23.8 Å². The lowest BCUT2D eigenvalue weighted by atomic mass is 10.1. The zero-order chi connectivity index (χ0) is 16.9. The van der Waals surface area contributed by atoms with Gasteiger partial charge in [0.1, 0.15) is 5.60 Å². The highest BCUT2D eigenvalue weighted by molar-refractivity contribution is 5.70. The Kier molecular flexibility index (Phi) is 5.42. The fourth-order valence-corrected chi connectivity index (χ4v) is 2.21. The first-order valence-electron chi connectivity index (χ1n) is 7.86. The zero-order valence-corrected chi connectivity index (χ0v) is 14.3. The highest BCUT2D eigenvalue weighted by Gasteiger charge is 2.25. The minimum Gasteiger partial charge on any atom is -0.444 e. The molecule has 124 valence electrons. The van der Waals surface area contributed by atoms with E-state index in [0.717, 1.165) is 17.8 Å². The monoisotopic (exact) mass is 315 g/mol. The number of nitrogens with zero attached hydrogens (tertiary/aromatic N) is 2. The Morgan fingerprint density at radius 2 is 2.00 bits per heavy atom. The lowest BCUT2D eigenvalue weighted by Crippen LogP contribution is -2.42. The van der Waals surface area contributed by atoms with E-state index in [0.29, 0.717) is 13.1 Å². The van der Waals surface area contributed by atoms with Gasteiger partial charge in [0, 0.05) is 12.2 Å². The Hall–Kier alpha value is -2.30. The molecule has 1 aliphatic heterocycles. The van der Waals surface area contributed by atoms with Crippen molar-refractivity contribution in [3.05, 3.63) is 41.6 Å². The molecule has 1 heterocycles. The Morgan fingerprint density at radius 3 is 2.65 bits per heavy atom. The molecule has 0 spiro atoms. The Morgan fingerprint density at radius 1 is 1.30 bits per heavy atom. The van der Waals surface area contributed by atoms with Crippen LogP contribution in [-0.2, 0) is 4.74 Å². The molecule has 0 fully saturated rings. The molecule has 1 N–H and O–H groups in total. The first kappa shape index (κ1) is 17.1. The van der Waals surface area contributed by atoms with Gasteiger partial charge in [-0.2, -0.15) is 0 Å². The van der Waals surface area contributed by atoms with Crippen LogP contribution in [-0.4, -0.2) is 36.0 Å². The number of benzene rings is 1. The van der Waals surface area contributed by atoms with Crippen LogP contribution in [0.1, 0.15) is 34.1 Å². The minimum absolute atomic E-state index is 0.274. The molecule has 0 aliphatic carbocycles. The van der Waals surface area contributed by atoms with Crippen molar-refractivity contribution in [2.24, 2.45) is 4.99 Å². The molecule has 0 aromatic heterocycles. The number of hydrogen-bond acceptors (Lipinski definition) is 3. The predicted molar refractivity (Wildman–Crippen MR) is 92.9 cm³/mol. The summed E-state index contributed by atoms with van der Waals surface area (Å²) < 4.78 is 5.44. The lowest BCUT2D eigenvalue weighted by Gasteiger charge is -2.31. The molecular formula is C18H25N3O2. The molecule has 5 heteroatoms. The Balaban J connectivity index is 1.96. The summed E-state index contributed by atoms with van der Waals surface area (Å²) in [5, 5.41) is 3.21. The molecule has 1 amide bonds.